The van der Waals surface area contributed by atoms with Crippen LogP contribution in [0.1, 0.15) is 25.0 Å². The third kappa shape index (κ3) is 5.76. The summed E-state index contributed by atoms with van der Waals surface area (Å²) in [5.41, 5.74) is 2.02. The number of fused-ring (bicyclic) bond motifs is 1. The first-order valence-electron chi connectivity index (χ1n) is 12.9. The maximum atomic E-state index is 13.6. The summed E-state index contributed by atoms with van der Waals surface area (Å²) in [7, 11) is 1.62. The van der Waals surface area contributed by atoms with E-state index in [1.54, 1.807) is 21.9 Å². The minimum absolute atomic E-state index is 0.0677. The van der Waals surface area contributed by atoms with Gasteiger partial charge in [0.15, 0.2) is 0 Å². The van der Waals surface area contributed by atoms with Gasteiger partial charge in [0.2, 0.25) is 11.8 Å². The molecule has 0 radical (unpaired) electrons. The summed E-state index contributed by atoms with van der Waals surface area (Å²) in [6.45, 7) is 4.86. The number of benzene rings is 2. The number of nitrogens with one attached hydrogen (secondary N) is 1. The van der Waals surface area contributed by atoms with E-state index in [1.165, 1.54) is 5.01 Å². The molecule has 2 aliphatic rings. The van der Waals surface area contributed by atoms with Gasteiger partial charge in [-0.05, 0) is 35.6 Å². The van der Waals surface area contributed by atoms with Crippen LogP contribution >= 0.6 is 0 Å². The van der Waals surface area contributed by atoms with Crippen molar-refractivity contribution in [1.29, 1.82) is 0 Å². The minimum Gasteiger partial charge on any atom is -0.497 e. The van der Waals surface area contributed by atoms with Crippen LogP contribution in [0.25, 0.3) is 0 Å². The number of urea groups is 1. The van der Waals surface area contributed by atoms with Crippen molar-refractivity contribution in [2.45, 2.75) is 39.0 Å². The topological polar surface area (TPSA) is 85.4 Å². The summed E-state index contributed by atoms with van der Waals surface area (Å²) < 4.78 is 5.24. The summed E-state index contributed by atoms with van der Waals surface area (Å²) >= 11 is 0. The number of amides is 4. The molecule has 0 saturated carbocycles. The van der Waals surface area contributed by atoms with E-state index in [4.69, 9.17) is 11.2 Å². The fourth-order valence-corrected chi connectivity index (χ4v) is 5.11. The lowest BCUT2D eigenvalue weighted by Gasteiger charge is -2.55. The van der Waals surface area contributed by atoms with Gasteiger partial charge in [0.05, 0.1) is 26.7 Å². The van der Waals surface area contributed by atoms with E-state index in [-0.39, 0.29) is 43.4 Å². The molecule has 1 N–H and O–H groups in total. The summed E-state index contributed by atoms with van der Waals surface area (Å²) in [4.78, 5) is 43.9. The maximum absolute atomic E-state index is 13.6. The Morgan fingerprint density at radius 1 is 1.11 bits per heavy atom. The predicted octanol–water partition coefficient (Wildman–Crippen LogP) is 2.33. The van der Waals surface area contributed by atoms with Gasteiger partial charge in [0.1, 0.15) is 18.0 Å². The average molecular weight is 518 g/mol. The molecule has 9 nitrogen and oxygen atoms in total. The largest absolute Gasteiger partial charge is 0.497 e. The summed E-state index contributed by atoms with van der Waals surface area (Å²) in [6.07, 6.45) is 5.58. The van der Waals surface area contributed by atoms with Crippen LogP contribution in [-0.2, 0) is 22.6 Å². The van der Waals surface area contributed by atoms with Crippen molar-refractivity contribution in [3.63, 3.8) is 0 Å². The summed E-state index contributed by atoms with van der Waals surface area (Å²) in [6, 6.07) is 16.3. The molecule has 2 heterocycles. The van der Waals surface area contributed by atoms with E-state index in [1.807, 2.05) is 68.4 Å². The van der Waals surface area contributed by atoms with Crippen molar-refractivity contribution >= 4 is 17.8 Å². The zero-order valence-electron chi connectivity index (χ0n) is 22.2. The molecule has 200 valence electrons. The molecular weight excluding hydrogens is 482 g/mol. The monoisotopic (exact) mass is 517 g/mol. The molecule has 0 aromatic heterocycles. The van der Waals surface area contributed by atoms with Gasteiger partial charge in [-0.25, -0.2) is 9.80 Å². The van der Waals surface area contributed by atoms with Crippen molar-refractivity contribution in [3.8, 4) is 18.1 Å². The van der Waals surface area contributed by atoms with E-state index in [0.717, 1.165) is 16.9 Å². The van der Waals surface area contributed by atoms with Gasteiger partial charge in [0, 0.05) is 13.1 Å². The number of hydrogen-bond donors (Lipinski definition) is 1. The van der Waals surface area contributed by atoms with Crippen molar-refractivity contribution in [2.75, 3.05) is 33.3 Å². The molecule has 0 spiro atoms. The van der Waals surface area contributed by atoms with Crippen LogP contribution in [0.15, 0.2) is 54.6 Å². The molecule has 4 rings (SSSR count). The van der Waals surface area contributed by atoms with Gasteiger partial charge in [-0.2, -0.15) is 5.01 Å². The minimum atomic E-state index is -0.672. The lowest BCUT2D eigenvalue weighted by molar-refractivity contribution is -0.191. The van der Waals surface area contributed by atoms with Gasteiger partial charge in [0.25, 0.3) is 0 Å². The number of piperazine rings is 1. The third-order valence-electron chi connectivity index (χ3n) is 6.99. The number of carbonyl (C=O) groups excluding carboxylic acids is 3. The lowest BCUT2D eigenvalue weighted by atomic mass is 9.96. The second-order valence-corrected chi connectivity index (χ2v) is 9.87. The van der Waals surface area contributed by atoms with E-state index in [0.29, 0.717) is 19.5 Å². The number of ether oxygens (including phenoxy) is 1. The molecule has 0 aliphatic carbocycles. The highest BCUT2D eigenvalue weighted by atomic mass is 16.5. The van der Waals surface area contributed by atoms with Gasteiger partial charge < -0.3 is 19.9 Å². The normalized spacial score (nSPS) is 19.8. The van der Waals surface area contributed by atoms with Crippen LogP contribution in [0, 0.1) is 18.3 Å². The van der Waals surface area contributed by atoms with Gasteiger partial charge in [-0.1, -0.05) is 62.2 Å². The second-order valence-electron chi connectivity index (χ2n) is 9.87. The molecule has 2 aromatic carbocycles. The Morgan fingerprint density at radius 3 is 2.45 bits per heavy atom. The van der Waals surface area contributed by atoms with Gasteiger partial charge in [-0.3, -0.25) is 9.59 Å². The highest BCUT2D eigenvalue weighted by Gasteiger charge is 2.52. The maximum Gasteiger partial charge on any atom is 0.334 e. The quantitative estimate of drug-likeness (QED) is 0.544. The van der Waals surface area contributed by atoms with Crippen LogP contribution in [0.2, 0.25) is 0 Å². The number of rotatable bonds is 8. The first-order valence-corrected chi connectivity index (χ1v) is 12.9. The van der Waals surface area contributed by atoms with Crippen LogP contribution in [0.4, 0.5) is 4.79 Å². The number of methoxy groups -OCH3 is 1. The van der Waals surface area contributed by atoms with Crippen molar-refractivity contribution in [1.82, 2.24) is 25.1 Å². The van der Waals surface area contributed by atoms with Crippen LogP contribution in [-0.4, -0.2) is 83.2 Å². The Balaban J connectivity index is 1.59. The lowest BCUT2D eigenvalue weighted by Crippen LogP contribution is -2.77. The Bertz CT molecular complexity index is 1180. The van der Waals surface area contributed by atoms with Crippen molar-refractivity contribution in [3.05, 3.63) is 65.7 Å². The van der Waals surface area contributed by atoms with Crippen LogP contribution in [0.3, 0.4) is 0 Å². The molecule has 9 heteroatoms. The SMILES string of the molecule is C#CCN1CC(=O)N2[C@@H](C(C)C)C(=O)N(CCc3ccc(OC)cc3)C[C@@H]2N1C(=O)NCc1ccccc1. The smallest absolute Gasteiger partial charge is 0.334 e. The van der Waals surface area contributed by atoms with Crippen molar-refractivity contribution < 1.29 is 19.1 Å². The average Bonchev–Trinajstić information content (AvgIpc) is 2.92. The molecule has 0 bridgehead atoms. The third-order valence-corrected chi connectivity index (χ3v) is 6.99. The van der Waals surface area contributed by atoms with Gasteiger partial charge in [-0.15, -0.1) is 6.42 Å². The first-order chi connectivity index (χ1) is 18.3. The Labute approximate surface area is 224 Å². The molecule has 2 aliphatic heterocycles. The highest BCUT2D eigenvalue weighted by Crippen LogP contribution is 2.30. The second kappa shape index (κ2) is 12.0. The van der Waals surface area contributed by atoms with Crippen LogP contribution < -0.4 is 10.1 Å². The number of hydrogen-bond acceptors (Lipinski definition) is 5. The molecule has 38 heavy (non-hydrogen) atoms. The summed E-state index contributed by atoms with van der Waals surface area (Å²) in [5.74, 6) is 2.89. The molecule has 2 fully saturated rings. The molecular formula is C29H35N5O4. The molecule has 4 amide bonds. The molecule has 2 atom stereocenters. The zero-order valence-corrected chi connectivity index (χ0v) is 22.2. The van der Waals surface area contributed by atoms with Crippen molar-refractivity contribution in [2.24, 2.45) is 5.92 Å². The zero-order chi connectivity index (χ0) is 27.2. The van der Waals surface area contributed by atoms with E-state index < -0.39 is 12.2 Å². The summed E-state index contributed by atoms with van der Waals surface area (Å²) in [5, 5.41) is 6.10. The Morgan fingerprint density at radius 2 is 1.82 bits per heavy atom. The van der Waals surface area contributed by atoms with E-state index in [2.05, 4.69) is 11.2 Å². The Kier molecular flexibility index (Phi) is 8.54. The number of carbonyl (C=O) groups is 3. The number of terminal acetylenes is 1. The predicted molar refractivity (Wildman–Crippen MR) is 143 cm³/mol. The molecule has 0 unspecified atom stereocenters. The van der Waals surface area contributed by atoms with E-state index in [9.17, 15) is 14.4 Å². The van der Waals surface area contributed by atoms with E-state index >= 15 is 0 Å². The van der Waals surface area contributed by atoms with Gasteiger partial charge >= 0.3 is 6.03 Å². The molecule has 2 aromatic rings. The Hall–Kier alpha value is -4.03. The number of nitrogens with zero attached hydrogens (tertiary/aromatic N) is 4. The standard InChI is InChI=1S/C29H35N5O4/c1-5-16-32-20-26(35)33-25(34(32)29(37)30-18-23-9-7-6-8-10-23)19-31(28(36)27(33)21(2)3)17-15-22-11-13-24(38-4)14-12-22/h1,6-14,21,25,27H,15-20H2,2-4H3,(H,30,37)/t25-,27-/m0/s1. The highest BCUT2D eigenvalue weighted by molar-refractivity contribution is 5.91. The van der Waals surface area contributed by atoms with Crippen LogP contribution in [0.5, 0.6) is 5.75 Å². The molecule has 2 saturated heterocycles. The first kappa shape index (κ1) is 27.0. The number of hydrazine groups is 1. The fourth-order valence-electron chi connectivity index (χ4n) is 5.11. The fraction of sp³-hybridized carbons (Fsp3) is 0.414.